The molecule has 1 aromatic carbocycles. The molecule has 7 heteroatoms. The van der Waals surface area contributed by atoms with Gasteiger partial charge in [-0.3, -0.25) is 24.2 Å². The van der Waals surface area contributed by atoms with E-state index < -0.39 is 11.6 Å². The first-order chi connectivity index (χ1) is 12.5. The van der Waals surface area contributed by atoms with E-state index in [1.54, 1.807) is 24.3 Å². The first-order valence-electron chi connectivity index (χ1n) is 9.13. The summed E-state index contributed by atoms with van der Waals surface area (Å²) >= 11 is 0. The summed E-state index contributed by atoms with van der Waals surface area (Å²) in [6.45, 7) is 0.0411. The number of nitrogens with zero attached hydrogens (tertiary/aromatic N) is 2. The van der Waals surface area contributed by atoms with E-state index in [1.165, 1.54) is 0 Å². The van der Waals surface area contributed by atoms with Gasteiger partial charge in [0.1, 0.15) is 5.54 Å². The summed E-state index contributed by atoms with van der Waals surface area (Å²) in [4.78, 5) is 52.4. The average molecular weight is 355 g/mol. The van der Waals surface area contributed by atoms with Gasteiger partial charge in [0.05, 0.1) is 11.1 Å². The number of benzene rings is 1. The highest BCUT2D eigenvalue weighted by Gasteiger charge is 2.50. The maximum Gasteiger partial charge on any atom is 0.325 e. The minimum atomic E-state index is -0.796. The van der Waals surface area contributed by atoms with Crippen LogP contribution in [0.15, 0.2) is 24.3 Å². The monoisotopic (exact) mass is 355 g/mol. The van der Waals surface area contributed by atoms with Crippen molar-refractivity contribution in [3.8, 4) is 0 Å². The number of urea groups is 1. The van der Waals surface area contributed by atoms with Crippen LogP contribution in [0.3, 0.4) is 0 Å². The van der Waals surface area contributed by atoms with E-state index in [0.717, 1.165) is 35.5 Å². The van der Waals surface area contributed by atoms with Crippen LogP contribution in [-0.4, -0.2) is 52.2 Å². The van der Waals surface area contributed by atoms with Crippen LogP contribution in [0.5, 0.6) is 0 Å². The lowest BCUT2D eigenvalue weighted by Gasteiger charge is -2.25. The molecule has 0 radical (unpaired) electrons. The van der Waals surface area contributed by atoms with Crippen molar-refractivity contribution in [3.63, 3.8) is 0 Å². The molecule has 1 spiro atoms. The Morgan fingerprint density at radius 1 is 0.808 bits per heavy atom. The van der Waals surface area contributed by atoms with Crippen LogP contribution in [0.25, 0.3) is 0 Å². The summed E-state index contributed by atoms with van der Waals surface area (Å²) in [5, 5.41) is 2.87. The fourth-order valence-electron chi connectivity index (χ4n) is 4.19. The summed E-state index contributed by atoms with van der Waals surface area (Å²) in [6, 6.07) is 6.23. The van der Waals surface area contributed by atoms with Gasteiger partial charge in [-0.2, -0.15) is 0 Å². The van der Waals surface area contributed by atoms with Crippen molar-refractivity contribution in [2.45, 2.75) is 44.1 Å². The fraction of sp³-hybridized carbons (Fsp3) is 0.474. The lowest BCUT2D eigenvalue weighted by atomic mass is 9.90. The van der Waals surface area contributed by atoms with Gasteiger partial charge in [0.15, 0.2) is 0 Å². The molecule has 1 saturated carbocycles. The Morgan fingerprint density at radius 2 is 1.35 bits per heavy atom. The lowest BCUT2D eigenvalue weighted by Crippen LogP contribution is -2.47. The SMILES string of the molecule is O=C1NC2(CCCCCC2)C(=O)N1CCN1C(=O)c2ccccc2C1=O. The molecule has 2 heterocycles. The third-order valence-electron chi connectivity index (χ3n) is 5.63. The van der Waals surface area contributed by atoms with Gasteiger partial charge in [0.2, 0.25) is 0 Å². The van der Waals surface area contributed by atoms with Crippen molar-refractivity contribution >= 4 is 23.8 Å². The first kappa shape index (κ1) is 16.8. The number of imide groups is 2. The van der Waals surface area contributed by atoms with E-state index in [1.807, 2.05) is 0 Å². The Morgan fingerprint density at radius 3 is 1.92 bits per heavy atom. The zero-order valence-electron chi connectivity index (χ0n) is 14.5. The molecular formula is C19H21N3O4. The molecule has 7 nitrogen and oxygen atoms in total. The summed E-state index contributed by atoms with van der Waals surface area (Å²) in [6.07, 6.45) is 5.28. The molecule has 1 N–H and O–H groups in total. The third-order valence-corrected chi connectivity index (χ3v) is 5.63. The molecular weight excluding hydrogens is 334 g/mol. The summed E-state index contributed by atoms with van der Waals surface area (Å²) in [5.74, 6) is -0.968. The number of hydrogen-bond donors (Lipinski definition) is 1. The van der Waals surface area contributed by atoms with Gasteiger partial charge in [-0.25, -0.2) is 4.79 Å². The molecule has 136 valence electrons. The summed E-state index contributed by atoms with van der Waals surface area (Å²) < 4.78 is 0. The number of carbonyl (C=O) groups is 4. The molecule has 2 aliphatic heterocycles. The van der Waals surface area contributed by atoms with Crippen molar-refractivity contribution < 1.29 is 19.2 Å². The van der Waals surface area contributed by atoms with Gasteiger partial charge in [-0.05, 0) is 25.0 Å². The fourth-order valence-corrected chi connectivity index (χ4v) is 4.19. The van der Waals surface area contributed by atoms with E-state index >= 15 is 0 Å². The number of carbonyl (C=O) groups excluding carboxylic acids is 4. The molecule has 0 aromatic heterocycles. The second-order valence-corrected chi connectivity index (χ2v) is 7.19. The molecule has 1 aliphatic carbocycles. The largest absolute Gasteiger partial charge is 0.325 e. The van der Waals surface area contributed by atoms with Gasteiger partial charge in [-0.15, -0.1) is 0 Å². The minimum absolute atomic E-state index is 0.0155. The van der Waals surface area contributed by atoms with Crippen LogP contribution in [0.1, 0.15) is 59.2 Å². The highest BCUT2D eigenvalue weighted by Crippen LogP contribution is 2.32. The van der Waals surface area contributed by atoms with Crippen LogP contribution in [-0.2, 0) is 4.79 Å². The van der Waals surface area contributed by atoms with E-state index in [2.05, 4.69) is 5.32 Å². The molecule has 0 atom stereocenters. The number of fused-ring (bicyclic) bond motifs is 1. The molecule has 4 rings (SSSR count). The number of rotatable bonds is 3. The van der Waals surface area contributed by atoms with Crippen molar-refractivity contribution in [1.29, 1.82) is 0 Å². The van der Waals surface area contributed by atoms with Gasteiger partial charge in [0.25, 0.3) is 17.7 Å². The Hall–Kier alpha value is -2.70. The zero-order chi connectivity index (χ0) is 18.3. The highest BCUT2D eigenvalue weighted by molar-refractivity contribution is 6.21. The maximum atomic E-state index is 12.9. The topological polar surface area (TPSA) is 86.8 Å². The van der Waals surface area contributed by atoms with Crippen LogP contribution >= 0.6 is 0 Å². The van der Waals surface area contributed by atoms with Crippen LogP contribution in [0.2, 0.25) is 0 Å². The Labute approximate surface area is 151 Å². The average Bonchev–Trinajstić information content (AvgIpc) is 2.90. The van der Waals surface area contributed by atoms with Gasteiger partial charge in [0, 0.05) is 13.1 Å². The lowest BCUT2D eigenvalue weighted by molar-refractivity contribution is -0.131. The molecule has 26 heavy (non-hydrogen) atoms. The molecule has 0 unspecified atom stereocenters. The Balaban J connectivity index is 1.47. The van der Waals surface area contributed by atoms with Crippen molar-refractivity contribution in [2.24, 2.45) is 0 Å². The standard InChI is InChI=1S/C19H21N3O4/c23-15-13-7-3-4-8-14(13)16(24)21(15)11-12-22-17(25)19(20-18(22)26)9-5-1-2-6-10-19/h3-4,7-8H,1-2,5-6,9-12H2,(H,20,26). The van der Waals surface area contributed by atoms with Crippen LogP contribution < -0.4 is 5.32 Å². The predicted molar refractivity (Wildman–Crippen MR) is 92.5 cm³/mol. The van der Waals surface area contributed by atoms with Crippen molar-refractivity contribution in [2.75, 3.05) is 13.1 Å². The second kappa shape index (κ2) is 6.23. The molecule has 1 saturated heterocycles. The molecule has 0 bridgehead atoms. The molecule has 5 amide bonds. The zero-order valence-corrected chi connectivity index (χ0v) is 14.5. The van der Waals surface area contributed by atoms with Crippen molar-refractivity contribution in [3.05, 3.63) is 35.4 Å². The minimum Gasteiger partial charge on any atom is -0.323 e. The molecule has 2 fully saturated rings. The van der Waals surface area contributed by atoms with E-state index in [0.29, 0.717) is 24.0 Å². The molecule has 3 aliphatic rings. The van der Waals surface area contributed by atoms with E-state index in [9.17, 15) is 19.2 Å². The summed E-state index contributed by atoms with van der Waals surface area (Å²) in [7, 11) is 0. The van der Waals surface area contributed by atoms with Crippen LogP contribution in [0, 0.1) is 0 Å². The smallest absolute Gasteiger partial charge is 0.323 e. The number of nitrogens with one attached hydrogen (secondary N) is 1. The quantitative estimate of drug-likeness (QED) is 0.663. The predicted octanol–water partition coefficient (Wildman–Crippen LogP) is 1.93. The molecule has 1 aromatic rings. The highest BCUT2D eigenvalue weighted by atomic mass is 16.2. The Bertz CT molecular complexity index is 761. The Kier molecular flexibility index (Phi) is 4.01. The van der Waals surface area contributed by atoms with Crippen molar-refractivity contribution in [1.82, 2.24) is 15.1 Å². The number of hydrogen-bond acceptors (Lipinski definition) is 4. The van der Waals surface area contributed by atoms with Gasteiger partial charge >= 0.3 is 6.03 Å². The maximum absolute atomic E-state index is 12.9. The van der Waals surface area contributed by atoms with E-state index in [-0.39, 0.29) is 30.8 Å². The van der Waals surface area contributed by atoms with Gasteiger partial charge < -0.3 is 5.32 Å². The normalized spacial score (nSPS) is 22.0. The van der Waals surface area contributed by atoms with Gasteiger partial charge in [-0.1, -0.05) is 37.8 Å². The van der Waals surface area contributed by atoms with E-state index in [4.69, 9.17) is 0 Å². The van der Waals surface area contributed by atoms with Crippen LogP contribution in [0.4, 0.5) is 4.79 Å². The first-order valence-corrected chi connectivity index (χ1v) is 9.13. The summed E-state index contributed by atoms with van der Waals surface area (Å²) in [5.41, 5.74) is -0.0554. The third kappa shape index (κ3) is 2.50. The second-order valence-electron chi connectivity index (χ2n) is 7.19. The number of amides is 5.